The number of hydrogen-bond acceptors (Lipinski definition) is 8. The second-order valence-electron chi connectivity index (χ2n) is 8.34. The van der Waals surface area contributed by atoms with Crippen LogP contribution in [0, 0.1) is 0 Å². The monoisotopic (exact) mass is 570 g/mol. The molecule has 12 nitrogen and oxygen atoms in total. The first-order chi connectivity index (χ1) is 18.0. The van der Waals surface area contributed by atoms with Gasteiger partial charge in [-0.3, -0.25) is 0 Å². The maximum Gasteiger partial charge on any atom is 0.345 e. The van der Waals surface area contributed by atoms with E-state index in [9.17, 15) is 26.4 Å². The lowest BCUT2D eigenvalue weighted by Gasteiger charge is -2.24. The van der Waals surface area contributed by atoms with E-state index in [1.807, 2.05) is 13.8 Å². The summed E-state index contributed by atoms with van der Waals surface area (Å²) in [7, 11) is -7.72. The molecule has 0 atom stereocenters. The Labute approximate surface area is 223 Å². The molecule has 210 valence electrons. The Morgan fingerprint density at radius 3 is 1.92 bits per heavy atom. The summed E-state index contributed by atoms with van der Waals surface area (Å²) >= 11 is 0. The fourth-order valence-corrected chi connectivity index (χ4v) is 5.34. The van der Waals surface area contributed by atoms with Gasteiger partial charge in [0.25, 0.3) is 0 Å². The number of unbranched alkanes of at least 4 members (excludes halogenated alkanes) is 4. The fourth-order valence-electron chi connectivity index (χ4n) is 3.24. The van der Waals surface area contributed by atoms with E-state index in [1.54, 1.807) is 0 Å². The lowest BCUT2D eigenvalue weighted by molar-refractivity contribution is 0.241. The first kappa shape index (κ1) is 30.7. The number of nitrogens with one attached hydrogen (secondary N) is 2. The fraction of sp³-hybridized carbons (Fsp3) is 0.417. The lowest BCUT2D eigenvalue weighted by atomic mass is 10.3. The minimum Gasteiger partial charge on any atom is -0.382 e. The third-order valence-electron chi connectivity index (χ3n) is 5.07. The second-order valence-corrected chi connectivity index (χ2v) is 11.7. The van der Waals surface area contributed by atoms with Crippen molar-refractivity contribution in [3.05, 3.63) is 48.5 Å². The van der Waals surface area contributed by atoms with E-state index >= 15 is 0 Å². The highest BCUT2D eigenvalue weighted by atomic mass is 32.2. The van der Waals surface area contributed by atoms with Crippen LogP contribution in [0.5, 0.6) is 11.5 Å². The van der Waals surface area contributed by atoms with Crippen LogP contribution in [0.1, 0.15) is 52.4 Å². The Bertz CT molecular complexity index is 1280. The number of hydrazine groups is 1. The third-order valence-corrected chi connectivity index (χ3v) is 7.53. The number of carbonyl (C=O) groups excluding carboxylic acids is 2. The molecule has 0 fully saturated rings. The van der Waals surface area contributed by atoms with E-state index < -0.39 is 32.3 Å². The molecule has 0 saturated carbocycles. The molecule has 14 heteroatoms. The van der Waals surface area contributed by atoms with Crippen LogP contribution in [-0.2, 0) is 20.2 Å². The van der Waals surface area contributed by atoms with Crippen LogP contribution in [-0.4, -0.2) is 40.4 Å². The Morgan fingerprint density at radius 2 is 1.37 bits per heavy atom. The number of urea groups is 2. The number of rotatable bonds is 14. The highest BCUT2D eigenvalue weighted by Crippen LogP contribution is 2.29. The first-order valence-corrected chi connectivity index (χ1v) is 15.3. The number of amides is 4. The minimum absolute atomic E-state index is 0.0682. The highest BCUT2D eigenvalue weighted by molar-refractivity contribution is 7.87. The molecule has 0 spiro atoms. The van der Waals surface area contributed by atoms with Crippen molar-refractivity contribution in [2.24, 2.45) is 5.73 Å². The number of anilines is 2. The van der Waals surface area contributed by atoms with E-state index in [4.69, 9.17) is 14.1 Å². The summed E-state index contributed by atoms with van der Waals surface area (Å²) in [5.74, 6) is -0.445. The van der Waals surface area contributed by atoms with E-state index in [2.05, 4.69) is 10.7 Å². The smallest absolute Gasteiger partial charge is 0.345 e. The average molecular weight is 571 g/mol. The lowest BCUT2D eigenvalue weighted by Crippen LogP contribution is -2.50. The molecular formula is C24H34N4O8S2. The van der Waals surface area contributed by atoms with Gasteiger partial charge in [0.15, 0.2) is 5.75 Å². The van der Waals surface area contributed by atoms with Crippen LogP contribution in [0.2, 0.25) is 0 Å². The molecule has 0 bridgehead atoms. The van der Waals surface area contributed by atoms with E-state index in [0.717, 1.165) is 19.3 Å². The van der Waals surface area contributed by atoms with Gasteiger partial charge in [-0.05, 0) is 49.2 Å². The van der Waals surface area contributed by atoms with E-state index in [-0.39, 0.29) is 34.4 Å². The maximum absolute atomic E-state index is 13.1. The quantitative estimate of drug-likeness (QED) is 0.173. The molecule has 0 aromatic heterocycles. The number of hydrogen-bond donors (Lipinski definition) is 3. The molecule has 2 aromatic carbocycles. The SMILES string of the molecule is CCCCCS(=O)(=O)Oc1ccc(NC(=O)N(NC(N)=O)c2ccccc2OS(=O)(=O)CCCCC)cc1. The predicted octanol–water partition coefficient (Wildman–Crippen LogP) is 4.11. The number of benzene rings is 2. The molecule has 0 aliphatic carbocycles. The van der Waals surface area contributed by atoms with Crippen molar-refractivity contribution >= 4 is 43.7 Å². The molecular weight excluding hydrogens is 536 g/mol. The molecule has 0 aliphatic rings. The molecule has 0 aliphatic heterocycles. The van der Waals surface area contributed by atoms with Crippen molar-refractivity contribution in [3.8, 4) is 11.5 Å². The Hall–Kier alpha value is -3.52. The van der Waals surface area contributed by atoms with Crippen molar-refractivity contribution in [3.63, 3.8) is 0 Å². The van der Waals surface area contributed by atoms with Crippen LogP contribution >= 0.6 is 0 Å². The summed E-state index contributed by atoms with van der Waals surface area (Å²) in [4.78, 5) is 24.7. The summed E-state index contributed by atoms with van der Waals surface area (Å²) in [6, 6.07) is 9.27. The molecule has 0 radical (unpaired) electrons. The zero-order valence-electron chi connectivity index (χ0n) is 21.4. The zero-order chi connectivity index (χ0) is 28.2. The second kappa shape index (κ2) is 14.4. The number of primary amides is 1. The molecule has 38 heavy (non-hydrogen) atoms. The van der Waals surface area contributed by atoms with Gasteiger partial charge in [0.05, 0.1) is 11.5 Å². The summed E-state index contributed by atoms with van der Waals surface area (Å²) in [6.45, 7) is 3.90. The van der Waals surface area contributed by atoms with Crippen LogP contribution in [0.4, 0.5) is 21.0 Å². The van der Waals surface area contributed by atoms with Gasteiger partial charge >= 0.3 is 32.3 Å². The van der Waals surface area contributed by atoms with Crippen molar-refractivity contribution in [1.29, 1.82) is 0 Å². The summed E-state index contributed by atoms with van der Waals surface area (Å²) in [6.07, 6.45) is 4.06. The van der Waals surface area contributed by atoms with Gasteiger partial charge in [0.1, 0.15) is 11.4 Å². The molecule has 2 aromatic rings. The molecule has 4 amide bonds. The van der Waals surface area contributed by atoms with Crippen molar-refractivity contribution in [1.82, 2.24) is 5.43 Å². The summed E-state index contributed by atoms with van der Waals surface area (Å²) < 4.78 is 59.3. The molecule has 2 rings (SSSR count). The summed E-state index contributed by atoms with van der Waals surface area (Å²) in [5.41, 5.74) is 7.53. The topological polar surface area (TPSA) is 174 Å². The third kappa shape index (κ3) is 10.5. The molecule has 4 N–H and O–H groups in total. The number of carbonyl (C=O) groups is 2. The van der Waals surface area contributed by atoms with Gasteiger partial charge in [-0.1, -0.05) is 51.7 Å². The van der Waals surface area contributed by atoms with Crippen molar-refractivity contribution < 1.29 is 34.8 Å². The average Bonchev–Trinajstić information content (AvgIpc) is 2.84. The molecule has 0 saturated heterocycles. The van der Waals surface area contributed by atoms with Gasteiger partial charge in [0.2, 0.25) is 0 Å². The van der Waals surface area contributed by atoms with Gasteiger partial charge in [-0.2, -0.15) is 21.8 Å². The van der Waals surface area contributed by atoms with Crippen molar-refractivity contribution in [2.75, 3.05) is 21.8 Å². The minimum atomic E-state index is -3.97. The van der Waals surface area contributed by atoms with E-state index in [0.29, 0.717) is 24.3 Å². The number of para-hydroxylation sites is 2. The summed E-state index contributed by atoms with van der Waals surface area (Å²) in [5, 5.41) is 3.23. The molecule has 0 heterocycles. The first-order valence-electron chi connectivity index (χ1n) is 12.2. The van der Waals surface area contributed by atoms with Crippen LogP contribution in [0.15, 0.2) is 48.5 Å². The normalized spacial score (nSPS) is 11.4. The van der Waals surface area contributed by atoms with Gasteiger partial charge in [0, 0.05) is 5.69 Å². The largest absolute Gasteiger partial charge is 0.382 e. The van der Waals surface area contributed by atoms with Crippen LogP contribution in [0.25, 0.3) is 0 Å². The van der Waals surface area contributed by atoms with Gasteiger partial charge in [-0.15, -0.1) is 0 Å². The Kier molecular flexibility index (Phi) is 11.7. The highest BCUT2D eigenvalue weighted by Gasteiger charge is 2.24. The van der Waals surface area contributed by atoms with Gasteiger partial charge in [-0.25, -0.2) is 15.0 Å². The predicted molar refractivity (Wildman–Crippen MR) is 145 cm³/mol. The maximum atomic E-state index is 13.1. The van der Waals surface area contributed by atoms with Crippen LogP contribution < -0.4 is 29.9 Å². The number of nitrogens with zero attached hydrogens (tertiary/aromatic N) is 1. The van der Waals surface area contributed by atoms with Crippen molar-refractivity contribution in [2.45, 2.75) is 52.4 Å². The standard InChI is InChI=1S/C24H34N4O8S2/c1-3-5-9-17-37(31,32)35-20-15-13-19(14-16-20)26-24(30)28(27-23(25)29)21-11-7-8-12-22(21)36-38(33,34)18-10-6-4-2/h7-8,11-16H,3-6,9-10,17-18H2,1-2H3,(H,26,30)(H3,25,27,29). The zero-order valence-corrected chi connectivity index (χ0v) is 23.0. The van der Waals surface area contributed by atoms with E-state index in [1.165, 1.54) is 48.5 Å². The van der Waals surface area contributed by atoms with Gasteiger partial charge < -0.3 is 19.4 Å². The Morgan fingerprint density at radius 1 is 0.816 bits per heavy atom. The van der Waals surface area contributed by atoms with Crippen LogP contribution in [0.3, 0.4) is 0 Å². The molecule has 0 unspecified atom stereocenters. The number of nitrogens with two attached hydrogens (primary N) is 1. The Balaban J connectivity index is 2.19.